The van der Waals surface area contributed by atoms with Gasteiger partial charge >= 0.3 is 0 Å². The van der Waals surface area contributed by atoms with Crippen molar-refractivity contribution in [1.82, 2.24) is 5.32 Å². The number of hydrogen-bond donors (Lipinski definition) is 1. The Balaban J connectivity index is 2.39. The zero-order valence-corrected chi connectivity index (χ0v) is 10.3. The van der Waals surface area contributed by atoms with Gasteiger partial charge in [-0.05, 0) is 26.0 Å². The third-order valence-electron chi connectivity index (χ3n) is 1.96. The molecule has 3 nitrogen and oxygen atoms in total. The van der Waals surface area contributed by atoms with Gasteiger partial charge in [-0.15, -0.1) is 0 Å². The first-order chi connectivity index (χ1) is 7.61. The molecular weight excluding hydrogens is 226 g/mol. The van der Waals surface area contributed by atoms with Gasteiger partial charge in [-0.2, -0.15) is 0 Å². The lowest BCUT2D eigenvalue weighted by atomic mass is 10.2. The van der Waals surface area contributed by atoms with Crippen LogP contribution in [0.4, 0.5) is 0 Å². The van der Waals surface area contributed by atoms with E-state index in [4.69, 9.17) is 16.3 Å². The van der Waals surface area contributed by atoms with Crippen molar-refractivity contribution >= 4 is 17.5 Å². The number of amides is 1. The molecular formula is C12H16ClNO2. The Morgan fingerprint density at radius 1 is 1.44 bits per heavy atom. The highest BCUT2D eigenvalue weighted by Crippen LogP contribution is 2.14. The Kier molecular flexibility index (Phi) is 5.29. The van der Waals surface area contributed by atoms with Crippen LogP contribution in [-0.2, 0) is 4.74 Å². The van der Waals surface area contributed by atoms with E-state index in [0.29, 0.717) is 23.7 Å². The second-order valence-electron chi connectivity index (χ2n) is 3.66. The number of ether oxygens (including phenoxy) is 1. The van der Waals surface area contributed by atoms with E-state index in [2.05, 4.69) is 5.32 Å². The van der Waals surface area contributed by atoms with Gasteiger partial charge in [0.25, 0.3) is 5.91 Å². The molecule has 0 aromatic heterocycles. The third-order valence-corrected chi connectivity index (χ3v) is 2.29. The molecule has 0 aliphatic heterocycles. The number of halogens is 1. The SMILES string of the molecule is CC(C)OCCNC(=O)c1ccccc1Cl. The lowest BCUT2D eigenvalue weighted by molar-refractivity contribution is 0.0746. The minimum atomic E-state index is -0.169. The van der Waals surface area contributed by atoms with Gasteiger partial charge in [0.15, 0.2) is 0 Å². The predicted octanol–water partition coefficient (Wildman–Crippen LogP) is 2.49. The smallest absolute Gasteiger partial charge is 0.252 e. The van der Waals surface area contributed by atoms with E-state index in [1.54, 1.807) is 24.3 Å². The van der Waals surface area contributed by atoms with E-state index >= 15 is 0 Å². The van der Waals surface area contributed by atoms with E-state index in [9.17, 15) is 4.79 Å². The normalized spacial score (nSPS) is 10.5. The van der Waals surface area contributed by atoms with Crippen LogP contribution in [0, 0.1) is 0 Å². The van der Waals surface area contributed by atoms with Crippen LogP contribution in [0.3, 0.4) is 0 Å². The molecule has 1 aromatic carbocycles. The minimum Gasteiger partial charge on any atom is -0.377 e. The molecule has 0 atom stereocenters. The van der Waals surface area contributed by atoms with Crippen molar-refractivity contribution in [2.24, 2.45) is 0 Å². The number of carbonyl (C=O) groups is 1. The Labute approximate surface area is 101 Å². The van der Waals surface area contributed by atoms with Crippen LogP contribution in [0.1, 0.15) is 24.2 Å². The summed E-state index contributed by atoms with van der Waals surface area (Å²) in [6, 6.07) is 6.97. The molecule has 1 aromatic rings. The lowest BCUT2D eigenvalue weighted by Crippen LogP contribution is -2.28. The number of carbonyl (C=O) groups excluding carboxylic acids is 1. The van der Waals surface area contributed by atoms with Gasteiger partial charge in [0.05, 0.1) is 23.3 Å². The molecule has 0 aliphatic carbocycles. The molecule has 88 valence electrons. The molecule has 0 unspecified atom stereocenters. The van der Waals surface area contributed by atoms with Crippen LogP contribution in [0.25, 0.3) is 0 Å². The Morgan fingerprint density at radius 2 is 2.12 bits per heavy atom. The first-order valence-electron chi connectivity index (χ1n) is 5.25. The zero-order valence-electron chi connectivity index (χ0n) is 9.50. The van der Waals surface area contributed by atoms with Crippen LogP contribution in [0.15, 0.2) is 24.3 Å². The topological polar surface area (TPSA) is 38.3 Å². The average Bonchev–Trinajstić information content (AvgIpc) is 2.24. The predicted molar refractivity (Wildman–Crippen MR) is 64.9 cm³/mol. The molecule has 0 bridgehead atoms. The summed E-state index contributed by atoms with van der Waals surface area (Å²) >= 11 is 5.89. The second-order valence-corrected chi connectivity index (χ2v) is 4.06. The molecule has 1 rings (SSSR count). The number of benzene rings is 1. The highest BCUT2D eigenvalue weighted by atomic mass is 35.5. The zero-order chi connectivity index (χ0) is 12.0. The summed E-state index contributed by atoms with van der Waals surface area (Å²) in [7, 11) is 0. The van der Waals surface area contributed by atoms with Crippen molar-refractivity contribution in [2.75, 3.05) is 13.2 Å². The maximum absolute atomic E-state index is 11.7. The highest BCUT2D eigenvalue weighted by Gasteiger charge is 2.08. The van der Waals surface area contributed by atoms with E-state index < -0.39 is 0 Å². The summed E-state index contributed by atoms with van der Waals surface area (Å²) in [4.78, 5) is 11.7. The fraction of sp³-hybridized carbons (Fsp3) is 0.417. The molecule has 0 saturated carbocycles. The molecule has 0 spiro atoms. The standard InChI is InChI=1S/C12H16ClNO2/c1-9(2)16-8-7-14-12(15)10-5-3-4-6-11(10)13/h3-6,9H,7-8H2,1-2H3,(H,14,15). The van der Waals surface area contributed by atoms with Crippen LogP contribution >= 0.6 is 11.6 Å². The van der Waals surface area contributed by atoms with Gasteiger partial charge in [-0.1, -0.05) is 23.7 Å². The molecule has 0 saturated heterocycles. The van der Waals surface area contributed by atoms with Crippen LogP contribution < -0.4 is 5.32 Å². The summed E-state index contributed by atoms with van der Waals surface area (Å²) < 4.78 is 5.31. The first kappa shape index (κ1) is 13.0. The second kappa shape index (κ2) is 6.51. The van der Waals surface area contributed by atoms with E-state index in [1.807, 2.05) is 13.8 Å². The maximum Gasteiger partial charge on any atom is 0.252 e. The quantitative estimate of drug-likeness (QED) is 0.805. The molecule has 0 heterocycles. The van der Waals surface area contributed by atoms with Crippen molar-refractivity contribution in [3.05, 3.63) is 34.9 Å². The summed E-state index contributed by atoms with van der Waals surface area (Å²) in [6.45, 7) is 4.90. The van der Waals surface area contributed by atoms with Crippen LogP contribution in [-0.4, -0.2) is 25.2 Å². The Bertz CT molecular complexity index is 353. The highest BCUT2D eigenvalue weighted by molar-refractivity contribution is 6.33. The molecule has 4 heteroatoms. The lowest BCUT2D eigenvalue weighted by Gasteiger charge is -2.09. The number of hydrogen-bond acceptors (Lipinski definition) is 2. The van der Waals surface area contributed by atoms with Crippen LogP contribution in [0.2, 0.25) is 5.02 Å². The Hall–Kier alpha value is -1.06. The largest absolute Gasteiger partial charge is 0.377 e. The average molecular weight is 242 g/mol. The van der Waals surface area contributed by atoms with Crippen molar-refractivity contribution in [1.29, 1.82) is 0 Å². The maximum atomic E-state index is 11.7. The number of rotatable bonds is 5. The third kappa shape index (κ3) is 4.21. The van der Waals surface area contributed by atoms with E-state index in [0.717, 1.165) is 0 Å². The summed E-state index contributed by atoms with van der Waals surface area (Å²) in [5, 5.41) is 3.21. The van der Waals surface area contributed by atoms with Gasteiger partial charge in [-0.3, -0.25) is 4.79 Å². The molecule has 0 radical (unpaired) electrons. The van der Waals surface area contributed by atoms with E-state index in [1.165, 1.54) is 0 Å². The Morgan fingerprint density at radius 3 is 2.75 bits per heavy atom. The molecule has 1 N–H and O–H groups in total. The van der Waals surface area contributed by atoms with Crippen molar-refractivity contribution in [3.8, 4) is 0 Å². The fourth-order valence-corrected chi connectivity index (χ4v) is 1.42. The van der Waals surface area contributed by atoms with Gasteiger partial charge in [0.2, 0.25) is 0 Å². The van der Waals surface area contributed by atoms with Crippen molar-refractivity contribution < 1.29 is 9.53 Å². The fourth-order valence-electron chi connectivity index (χ4n) is 1.20. The van der Waals surface area contributed by atoms with Crippen LogP contribution in [0.5, 0.6) is 0 Å². The van der Waals surface area contributed by atoms with Gasteiger partial charge < -0.3 is 10.1 Å². The van der Waals surface area contributed by atoms with Crippen molar-refractivity contribution in [3.63, 3.8) is 0 Å². The van der Waals surface area contributed by atoms with Crippen molar-refractivity contribution in [2.45, 2.75) is 20.0 Å². The molecule has 1 amide bonds. The monoisotopic (exact) mass is 241 g/mol. The summed E-state index contributed by atoms with van der Waals surface area (Å²) in [5.74, 6) is -0.169. The van der Waals surface area contributed by atoms with Gasteiger partial charge in [0, 0.05) is 6.54 Å². The molecule has 0 aliphatic rings. The van der Waals surface area contributed by atoms with E-state index in [-0.39, 0.29) is 12.0 Å². The number of nitrogens with one attached hydrogen (secondary N) is 1. The minimum absolute atomic E-state index is 0.169. The summed E-state index contributed by atoms with van der Waals surface area (Å²) in [6.07, 6.45) is 0.178. The first-order valence-corrected chi connectivity index (χ1v) is 5.63. The van der Waals surface area contributed by atoms with Gasteiger partial charge in [-0.25, -0.2) is 0 Å². The molecule has 16 heavy (non-hydrogen) atoms. The summed E-state index contributed by atoms with van der Waals surface area (Å²) in [5.41, 5.74) is 0.494. The molecule has 0 fully saturated rings. The van der Waals surface area contributed by atoms with Gasteiger partial charge in [0.1, 0.15) is 0 Å².